The van der Waals surface area contributed by atoms with Gasteiger partial charge in [-0.25, -0.2) is 12.7 Å². The zero-order valence-electron chi connectivity index (χ0n) is 16.4. The van der Waals surface area contributed by atoms with Crippen LogP contribution in [-0.2, 0) is 10.0 Å². The molecule has 1 aliphatic carbocycles. The maximum atomic E-state index is 12.6. The van der Waals surface area contributed by atoms with Gasteiger partial charge in [-0.05, 0) is 49.1 Å². The van der Waals surface area contributed by atoms with E-state index >= 15 is 0 Å². The Bertz CT molecular complexity index is 1010. The molecule has 28 heavy (non-hydrogen) atoms. The zero-order chi connectivity index (χ0) is 19.9. The average molecular weight is 399 g/mol. The molecule has 6 heteroatoms. The number of ether oxygens (including phenoxy) is 1. The SMILES string of the molecule is CCOc1ccccc1C1Nc2ccc(S(=O)(=O)N(C)C)cc2C2C=CCC21. The van der Waals surface area contributed by atoms with Crippen molar-refractivity contribution in [1.82, 2.24) is 4.31 Å². The van der Waals surface area contributed by atoms with Crippen molar-refractivity contribution in [3.63, 3.8) is 0 Å². The highest BCUT2D eigenvalue weighted by molar-refractivity contribution is 7.89. The molecule has 1 N–H and O–H groups in total. The van der Waals surface area contributed by atoms with Gasteiger partial charge in [0.2, 0.25) is 10.0 Å². The Hall–Kier alpha value is -2.31. The molecule has 0 radical (unpaired) electrons. The van der Waals surface area contributed by atoms with Crippen LogP contribution in [0.2, 0.25) is 0 Å². The van der Waals surface area contributed by atoms with Gasteiger partial charge in [-0.2, -0.15) is 0 Å². The van der Waals surface area contributed by atoms with E-state index in [0.29, 0.717) is 17.4 Å². The van der Waals surface area contributed by atoms with Gasteiger partial charge in [0.05, 0.1) is 17.5 Å². The van der Waals surface area contributed by atoms with Gasteiger partial charge in [-0.15, -0.1) is 0 Å². The zero-order valence-corrected chi connectivity index (χ0v) is 17.2. The third kappa shape index (κ3) is 3.10. The largest absolute Gasteiger partial charge is 0.494 e. The van der Waals surface area contributed by atoms with Gasteiger partial charge < -0.3 is 10.1 Å². The fourth-order valence-corrected chi connectivity index (χ4v) is 5.21. The Kier molecular flexibility index (Phi) is 4.93. The first kappa shape index (κ1) is 19.0. The quantitative estimate of drug-likeness (QED) is 0.769. The maximum Gasteiger partial charge on any atom is 0.242 e. The van der Waals surface area contributed by atoms with Gasteiger partial charge in [-0.1, -0.05) is 30.4 Å². The molecule has 2 aliphatic rings. The van der Waals surface area contributed by atoms with Gasteiger partial charge in [0, 0.05) is 31.3 Å². The van der Waals surface area contributed by atoms with Crippen molar-refractivity contribution in [2.45, 2.75) is 30.2 Å². The monoisotopic (exact) mass is 398 g/mol. The van der Waals surface area contributed by atoms with E-state index in [-0.39, 0.29) is 12.0 Å². The molecule has 3 atom stereocenters. The van der Waals surface area contributed by atoms with E-state index < -0.39 is 10.0 Å². The predicted octanol–water partition coefficient (Wildman–Crippen LogP) is 4.16. The lowest BCUT2D eigenvalue weighted by molar-refractivity contribution is 0.326. The maximum absolute atomic E-state index is 12.6. The highest BCUT2D eigenvalue weighted by Crippen LogP contribution is 2.51. The van der Waals surface area contributed by atoms with E-state index in [2.05, 4.69) is 23.5 Å². The molecule has 3 unspecified atom stereocenters. The second kappa shape index (κ2) is 7.26. The molecule has 0 bridgehead atoms. The van der Waals surface area contributed by atoms with Crippen LogP contribution < -0.4 is 10.1 Å². The summed E-state index contributed by atoms with van der Waals surface area (Å²) in [5.74, 6) is 1.42. The first-order chi connectivity index (χ1) is 13.4. The summed E-state index contributed by atoms with van der Waals surface area (Å²) in [5.41, 5.74) is 3.19. The fraction of sp³-hybridized carbons (Fsp3) is 0.364. The number of fused-ring (bicyclic) bond motifs is 3. The van der Waals surface area contributed by atoms with Crippen LogP contribution in [0.1, 0.15) is 36.4 Å². The number of allylic oxidation sites excluding steroid dienone is 2. The highest BCUT2D eigenvalue weighted by Gasteiger charge is 2.39. The van der Waals surface area contributed by atoms with Crippen molar-refractivity contribution in [2.75, 3.05) is 26.0 Å². The number of rotatable bonds is 5. The summed E-state index contributed by atoms with van der Waals surface area (Å²) in [6.07, 6.45) is 5.37. The van der Waals surface area contributed by atoms with Crippen LogP contribution >= 0.6 is 0 Å². The van der Waals surface area contributed by atoms with Crippen molar-refractivity contribution in [3.05, 3.63) is 65.7 Å². The molecule has 0 amide bonds. The first-order valence-electron chi connectivity index (χ1n) is 9.65. The van der Waals surface area contributed by atoms with E-state index in [1.165, 1.54) is 4.31 Å². The first-order valence-corrected chi connectivity index (χ1v) is 11.1. The third-order valence-corrected chi connectivity index (χ3v) is 7.48. The Morgan fingerprint density at radius 2 is 1.93 bits per heavy atom. The summed E-state index contributed by atoms with van der Waals surface area (Å²) in [5, 5.41) is 3.66. The number of hydrogen-bond donors (Lipinski definition) is 1. The summed E-state index contributed by atoms with van der Waals surface area (Å²) < 4.78 is 32.3. The fourth-order valence-electron chi connectivity index (χ4n) is 4.28. The van der Waals surface area contributed by atoms with E-state index in [1.54, 1.807) is 20.2 Å². The molecular formula is C22H26N2O3S. The second-order valence-electron chi connectivity index (χ2n) is 7.48. The van der Waals surface area contributed by atoms with Crippen LogP contribution in [0.3, 0.4) is 0 Å². The van der Waals surface area contributed by atoms with Crippen LogP contribution in [0.25, 0.3) is 0 Å². The van der Waals surface area contributed by atoms with Crippen molar-refractivity contribution >= 4 is 15.7 Å². The topological polar surface area (TPSA) is 58.6 Å². The number of nitrogens with zero attached hydrogens (tertiary/aromatic N) is 1. The Morgan fingerprint density at radius 1 is 1.14 bits per heavy atom. The van der Waals surface area contributed by atoms with Gasteiger partial charge >= 0.3 is 0 Å². The minimum absolute atomic E-state index is 0.117. The van der Waals surface area contributed by atoms with Crippen molar-refractivity contribution < 1.29 is 13.2 Å². The number of anilines is 1. The van der Waals surface area contributed by atoms with Crippen LogP contribution in [0.4, 0.5) is 5.69 Å². The predicted molar refractivity (Wildman–Crippen MR) is 111 cm³/mol. The highest BCUT2D eigenvalue weighted by atomic mass is 32.2. The molecule has 148 valence electrons. The molecule has 4 rings (SSSR count). The molecule has 2 aromatic rings. The Morgan fingerprint density at radius 3 is 2.68 bits per heavy atom. The molecule has 0 saturated heterocycles. The van der Waals surface area contributed by atoms with Crippen LogP contribution in [0.5, 0.6) is 5.75 Å². The standard InChI is InChI=1S/C22H26N2O3S/c1-4-27-21-11-6-5-8-18(21)22-17-10-7-9-16(17)19-14-15(12-13-20(19)23-22)28(25,26)24(2)3/h5-9,11-14,16-17,22-23H,4,10H2,1-3H3. The number of sulfonamides is 1. The van der Waals surface area contributed by atoms with Gasteiger partial charge in [-0.3, -0.25) is 0 Å². The Balaban J connectivity index is 1.77. The van der Waals surface area contributed by atoms with E-state index in [4.69, 9.17) is 4.74 Å². The summed E-state index contributed by atoms with van der Waals surface area (Å²) in [6.45, 7) is 2.62. The van der Waals surface area contributed by atoms with Crippen molar-refractivity contribution in [1.29, 1.82) is 0 Å². The van der Waals surface area contributed by atoms with Crippen LogP contribution in [0, 0.1) is 5.92 Å². The molecular weight excluding hydrogens is 372 g/mol. The van der Waals surface area contributed by atoms with Crippen molar-refractivity contribution in [2.24, 2.45) is 5.92 Å². The smallest absolute Gasteiger partial charge is 0.242 e. The minimum Gasteiger partial charge on any atom is -0.494 e. The molecule has 0 aromatic heterocycles. The van der Waals surface area contributed by atoms with Gasteiger partial charge in [0.15, 0.2) is 0 Å². The average Bonchev–Trinajstić information content (AvgIpc) is 3.18. The number of hydrogen-bond acceptors (Lipinski definition) is 4. The Labute approximate surface area is 167 Å². The van der Waals surface area contributed by atoms with E-state index in [0.717, 1.165) is 29.0 Å². The van der Waals surface area contributed by atoms with Gasteiger partial charge in [0.1, 0.15) is 5.75 Å². The number of benzene rings is 2. The van der Waals surface area contributed by atoms with E-state index in [1.807, 2.05) is 37.3 Å². The normalized spacial score (nSPS) is 23.2. The van der Waals surface area contributed by atoms with Gasteiger partial charge in [0.25, 0.3) is 0 Å². The molecule has 0 saturated carbocycles. The molecule has 1 aliphatic heterocycles. The lowest BCUT2D eigenvalue weighted by Gasteiger charge is -2.38. The van der Waals surface area contributed by atoms with Crippen molar-refractivity contribution in [3.8, 4) is 5.75 Å². The summed E-state index contributed by atoms with van der Waals surface area (Å²) >= 11 is 0. The second-order valence-corrected chi connectivity index (χ2v) is 9.63. The summed E-state index contributed by atoms with van der Waals surface area (Å²) in [7, 11) is -0.334. The number of nitrogens with one attached hydrogen (secondary N) is 1. The number of para-hydroxylation sites is 1. The lowest BCUT2D eigenvalue weighted by Crippen LogP contribution is -2.30. The molecule has 1 heterocycles. The third-order valence-electron chi connectivity index (χ3n) is 5.67. The van der Waals surface area contributed by atoms with Crippen LogP contribution in [-0.4, -0.2) is 33.4 Å². The molecule has 0 fully saturated rings. The minimum atomic E-state index is -3.46. The lowest BCUT2D eigenvalue weighted by atomic mass is 9.77. The van der Waals surface area contributed by atoms with E-state index in [9.17, 15) is 8.42 Å². The summed E-state index contributed by atoms with van der Waals surface area (Å²) in [6, 6.07) is 13.7. The van der Waals surface area contributed by atoms with Crippen LogP contribution in [0.15, 0.2) is 59.5 Å². The summed E-state index contributed by atoms with van der Waals surface area (Å²) in [4.78, 5) is 0.338. The molecule has 5 nitrogen and oxygen atoms in total. The molecule has 0 spiro atoms. The molecule has 2 aromatic carbocycles.